The highest BCUT2D eigenvalue weighted by Gasteiger charge is 2.13. The van der Waals surface area contributed by atoms with E-state index in [0.717, 1.165) is 48.6 Å². The molecule has 0 unspecified atom stereocenters. The van der Waals surface area contributed by atoms with Crippen LogP contribution in [0.15, 0.2) is 30.3 Å². The molecule has 0 aliphatic rings. The molecule has 0 saturated carbocycles. The standard InChI is InChI=1S/C20H27N3O2S/c1-4-7-14-25-17-11-8-15(9-12-17)10-13-18(24)21-20-23-22-19(26-20)16(5-2)6-3/h8-13,16H,4-7,14H2,1-3H3,(H,21,23,24)/b13-10+. The number of unbranched alkanes of at least 4 members (excludes halogenated alkanes) is 1. The lowest BCUT2D eigenvalue weighted by Crippen LogP contribution is -2.07. The van der Waals surface area contributed by atoms with Gasteiger partial charge in [-0.2, -0.15) is 0 Å². The summed E-state index contributed by atoms with van der Waals surface area (Å²) in [4.78, 5) is 12.1. The first-order chi connectivity index (χ1) is 12.7. The minimum absolute atomic E-state index is 0.208. The van der Waals surface area contributed by atoms with E-state index in [-0.39, 0.29) is 5.91 Å². The summed E-state index contributed by atoms with van der Waals surface area (Å²) in [5.41, 5.74) is 0.943. The molecule has 1 heterocycles. The van der Waals surface area contributed by atoms with Crippen molar-refractivity contribution in [1.82, 2.24) is 10.2 Å². The summed E-state index contributed by atoms with van der Waals surface area (Å²) in [6.45, 7) is 7.14. The summed E-state index contributed by atoms with van der Waals surface area (Å²) in [6.07, 6.45) is 7.49. The van der Waals surface area contributed by atoms with Crippen LogP contribution in [-0.2, 0) is 4.79 Å². The van der Waals surface area contributed by atoms with Gasteiger partial charge in [0.25, 0.3) is 0 Å². The highest BCUT2D eigenvalue weighted by molar-refractivity contribution is 7.15. The van der Waals surface area contributed by atoms with Gasteiger partial charge in [0.1, 0.15) is 10.8 Å². The van der Waals surface area contributed by atoms with E-state index in [1.165, 1.54) is 17.4 Å². The second kappa shape index (κ2) is 10.7. The van der Waals surface area contributed by atoms with Crippen molar-refractivity contribution in [2.75, 3.05) is 11.9 Å². The Morgan fingerprint density at radius 2 is 1.92 bits per heavy atom. The molecule has 0 aliphatic heterocycles. The maximum atomic E-state index is 12.1. The van der Waals surface area contributed by atoms with Crippen molar-refractivity contribution in [3.8, 4) is 5.75 Å². The van der Waals surface area contributed by atoms with Gasteiger partial charge in [-0.1, -0.05) is 50.7 Å². The number of nitrogens with one attached hydrogen (secondary N) is 1. The Morgan fingerprint density at radius 3 is 2.58 bits per heavy atom. The molecule has 2 aromatic rings. The van der Waals surface area contributed by atoms with Crippen LogP contribution in [-0.4, -0.2) is 22.7 Å². The molecule has 0 atom stereocenters. The van der Waals surface area contributed by atoms with Gasteiger partial charge in [0, 0.05) is 12.0 Å². The number of carbonyl (C=O) groups is 1. The average Bonchev–Trinajstić information content (AvgIpc) is 3.10. The number of hydrogen-bond acceptors (Lipinski definition) is 5. The van der Waals surface area contributed by atoms with Gasteiger partial charge < -0.3 is 4.74 Å². The minimum atomic E-state index is -0.208. The van der Waals surface area contributed by atoms with Crippen LogP contribution >= 0.6 is 11.3 Å². The van der Waals surface area contributed by atoms with Gasteiger partial charge in [-0.25, -0.2) is 0 Å². The fourth-order valence-electron chi connectivity index (χ4n) is 2.42. The molecule has 26 heavy (non-hydrogen) atoms. The maximum absolute atomic E-state index is 12.1. The molecule has 0 radical (unpaired) electrons. The van der Waals surface area contributed by atoms with E-state index in [1.807, 2.05) is 24.3 Å². The van der Waals surface area contributed by atoms with Gasteiger partial charge in [0.05, 0.1) is 6.61 Å². The molecule has 0 bridgehead atoms. The molecule has 1 aromatic carbocycles. The van der Waals surface area contributed by atoms with Gasteiger partial charge in [-0.3, -0.25) is 10.1 Å². The molecule has 1 amide bonds. The third-order valence-corrected chi connectivity index (χ3v) is 5.08. The number of aromatic nitrogens is 2. The van der Waals surface area contributed by atoms with Gasteiger partial charge in [0.2, 0.25) is 11.0 Å². The van der Waals surface area contributed by atoms with Crippen LogP contribution in [0.2, 0.25) is 0 Å². The smallest absolute Gasteiger partial charge is 0.250 e. The average molecular weight is 374 g/mol. The largest absolute Gasteiger partial charge is 0.494 e. The van der Waals surface area contributed by atoms with E-state index in [4.69, 9.17) is 4.74 Å². The van der Waals surface area contributed by atoms with Crippen LogP contribution in [0.1, 0.15) is 62.9 Å². The molecule has 0 fully saturated rings. The van der Waals surface area contributed by atoms with Crippen LogP contribution in [0.3, 0.4) is 0 Å². The second-order valence-corrected chi connectivity index (χ2v) is 7.06. The Morgan fingerprint density at radius 1 is 1.19 bits per heavy atom. The number of nitrogens with zero attached hydrogens (tertiary/aromatic N) is 2. The molecule has 1 aromatic heterocycles. The van der Waals surface area contributed by atoms with Gasteiger partial charge in [0.15, 0.2) is 0 Å². The van der Waals surface area contributed by atoms with Crippen LogP contribution in [0.5, 0.6) is 5.75 Å². The van der Waals surface area contributed by atoms with Crippen molar-refractivity contribution < 1.29 is 9.53 Å². The Balaban J connectivity index is 1.87. The maximum Gasteiger partial charge on any atom is 0.250 e. The number of ether oxygens (including phenoxy) is 1. The topological polar surface area (TPSA) is 64.1 Å². The second-order valence-electron chi connectivity index (χ2n) is 6.05. The fourth-order valence-corrected chi connectivity index (χ4v) is 3.43. The number of anilines is 1. The number of rotatable bonds is 10. The van der Waals surface area contributed by atoms with Crippen molar-refractivity contribution in [1.29, 1.82) is 0 Å². The molecule has 0 aliphatic carbocycles. The fraction of sp³-hybridized carbons (Fsp3) is 0.450. The molecule has 6 heteroatoms. The predicted octanol–water partition coefficient (Wildman–Crippen LogP) is 5.27. The van der Waals surface area contributed by atoms with Crippen LogP contribution in [0, 0.1) is 0 Å². The van der Waals surface area contributed by atoms with Crippen LogP contribution in [0.25, 0.3) is 6.08 Å². The summed E-state index contributed by atoms with van der Waals surface area (Å²) in [5, 5.41) is 12.5. The third kappa shape index (κ3) is 6.26. The SMILES string of the molecule is CCCCOc1ccc(/C=C/C(=O)Nc2nnc(C(CC)CC)s2)cc1. The van der Waals surface area contributed by atoms with Gasteiger partial charge in [-0.05, 0) is 43.0 Å². The lowest BCUT2D eigenvalue weighted by atomic mass is 10.1. The highest BCUT2D eigenvalue weighted by atomic mass is 32.1. The summed E-state index contributed by atoms with van der Waals surface area (Å²) in [5.74, 6) is 1.05. The lowest BCUT2D eigenvalue weighted by Gasteiger charge is -2.05. The zero-order chi connectivity index (χ0) is 18.8. The quantitative estimate of drug-likeness (QED) is 0.455. The molecule has 1 N–H and O–H groups in total. The van der Waals surface area contributed by atoms with Gasteiger partial charge in [-0.15, -0.1) is 10.2 Å². The Hall–Kier alpha value is -2.21. The van der Waals surface area contributed by atoms with E-state index in [9.17, 15) is 4.79 Å². The third-order valence-electron chi connectivity index (χ3n) is 4.08. The Labute approximate surface area is 159 Å². The zero-order valence-electron chi connectivity index (χ0n) is 15.7. The molecule has 2 rings (SSSR count). The van der Waals surface area contributed by atoms with Crippen LogP contribution in [0.4, 0.5) is 5.13 Å². The van der Waals surface area contributed by atoms with E-state index < -0.39 is 0 Å². The van der Waals surface area contributed by atoms with Crippen molar-refractivity contribution in [2.45, 2.75) is 52.4 Å². The van der Waals surface area contributed by atoms with E-state index in [1.54, 1.807) is 6.08 Å². The lowest BCUT2D eigenvalue weighted by molar-refractivity contribution is -0.111. The minimum Gasteiger partial charge on any atom is -0.494 e. The van der Waals surface area contributed by atoms with Gasteiger partial charge >= 0.3 is 0 Å². The summed E-state index contributed by atoms with van der Waals surface area (Å²) < 4.78 is 5.63. The number of hydrogen-bond donors (Lipinski definition) is 1. The van der Waals surface area contributed by atoms with E-state index >= 15 is 0 Å². The highest BCUT2D eigenvalue weighted by Crippen LogP contribution is 2.28. The van der Waals surface area contributed by atoms with Crippen LogP contribution < -0.4 is 10.1 Å². The molecule has 0 spiro atoms. The summed E-state index contributed by atoms with van der Waals surface area (Å²) in [7, 11) is 0. The first kappa shape index (κ1) is 20.1. The monoisotopic (exact) mass is 373 g/mol. The summed E-state index contributed by atoms with van der Waals surface area (Å²) in [6, 6.07) is 7.70. The van der Waals surface area contributed by atoms with Crippen molar-refractivity contribution >= 4 is 28.5 Å². The molecule has 5 nitrogen and oxygen atoms in total. The van der Waals surface area contributed by atoms with E-state index in [0.29, 0.717) is 11.0 Å². The first-order valence-electron chi connectivity index (χ1n) is 9.21. The molecular formula is C20H27N3O2S. The Kier molecular flexibility index (Phi) is 8.28. The van der Waals surface area contributed by atoms with E-state index in [2.05, 4.69) is 36.3 Å². The summed E-state index contributed by atoms with van der Waals surface area (Å²) >= 11 is 1.45. The predicted molar refractivity (Wildman–Crippen MR) is 108 cm³/mol. The number of benzene rings is 1. The molecular weight excluding hydrogens is 346 g/mol. The molecule has 140 valence electrons. The van der Waals surface area contributed by atoms with Crippen molar-refractivity contribution in [3.63, 3.8) is 0 Å². The van der Waals surface area contributed by atoms with Crippen molar-refractivity contribution in [2.24, 2.45) is 0 Å². The normalized spacial score (nSPS) is 11.2. The first-order valence-corrected chi connectivity index (χ1v) is 10.0. The number of amides is 1. The zero-order valence-corrected chi connectivity index (χ0v) is 16.5. The molecule has 0 saturated heterocycles. The Bertz CT molecular complexity index is 706. The van der Waals surface area contributed by atoms with Crippen molar-refractivity contribution in [3.05, 3.63) is 40.9 Å². The number of carbonyl (C=O) groups excluding carboxylic acids is 1.